The summed E-state index contributed by atoms with van der Waals surface area (Å²) in [5.74, 6) is 0.135. The first-order valence-electron chi connectivity index (χ1n) is 12.9. The average Bonchev–Trinajstić information content (AvgIpc) is 2.85. The van der Waals surface area contributed by atoms with E-state index in [9.17, 15) is 14.3 Å². The molecule has 8 heteroatoms. The number of carbonyl (C=O) groups is 1. The largest absolute Gasteiger partial charge is 0.494 e. The van der Waals surface area contributed by atoms with Gasteiger partial charge < -0.3 is 20.1 Å². The van der Waals surface area contributed by atoms with E-state index in [1.54, 1.807) is 12.1 Å². The Morgan fingerprint density at radius 3 is 2.84 bits per heavy atom. The number of hydrogen-bond donors (Lipinski definition) is 2. The third-order valence-corrected chi connectivity index (χ3v) is 6.98. The number of carbonyl (C=O) groups excluding carboxylic acids is 1. The number of nitrogens with zero attached hydrogens (tertiary/aromatic N) is 2. The molecular formula is C29H35ClFN3O3. The lowest BCUT2D eigenvalue weighted by Gasteiger charge is -2.29. The molecule has 0 spiro atoms. The van der Waals surface area contributed by atoms with E-state index in [0.29, 0.717) is 17.9 Å². The highest BCUT2D eigenvalue weighted by molar-refractivity contribution is 6.31. The highest BCUT2D eigenvalue weighted by Crippen LogP contribution is 2.33. The van der Waals surface area contributed by atoms with Crippen LogP contribution < -0.4 is 10.1 Å². The number of aliphatic hydroxyl groups excluding tert-OH is 1. The van der Waals surface area contributed by atoms with Gasteiger partial charge >= 0.3 is 0 Å². The van der Waals surface area contributed by atoms with Gasteiger partial charge in [-0.05, 0) is 94.1 Å². The second-order valence-corrected chi connectivity index (χ2v) is 10.5. The summed E-state index contributed by atoms with van der Waals surface area (Å²) in [7, 11) is 0. The number of piperidine rings is 1. The second kappa shape index (κ2) is 12.2. The predicted octanol–water partition coefficient (Wildman–Crippen LogP) is 5.30. The number of halogens is 2. The summed E-state index contributed by atoms with van der Waals surface area (Å²) in [6.07, 6.45) is 2.70. The molecule has 1 aliphatic heterocycles. The van der Waals surface area contributed by atoms with Crippen molar-refractivity contribution in [1.82, 2.24) is 15.2 Å². The number of aromatic nitrogens is 1. The Morgan fingerprint density at radius 1 is 1.30 bits per heavy atom. The molecule has 1 aromatic heterocycles. The highest BCUT2D eigenvalue weighted by atomic mass is 35.5. The number of rotatable bonds is 9. The first-order valence-corrected chi connectivity index (χ1v) is 13.3. The minimum absolute atomic E-state index is 0.0115. The van der Waals surface area contributed by atoms with E-state index in [1.165, 1.54) is 6.07 Å². The Balaban J connectivity index is 1.59. The summed E-state index contributed by atoms with van der Waals surface area (Å²) in [6, 6.07) is 10.3. The van der Waals surface area contributed by atoms with Crippen LogP contribution in [0.3, 0.4) is 0 Å². The van der Waals surface area contributed by atoms with Gasteiger partial charge in [-0.3, -0.25) is 4.79 Å². The van der Waals surface area contributed by atoms with Crippen LogP contribution in [0.4, 0.5) is 4.39 Å². The molecule has 1 aliphatic rings. The predicted molar refractivity (Wildman–Crippen MR) is 146 cm³/mol. The summed E-state index contributed by atoms with van der Waals surface area (Å²) < 4.78 is 19.9. The van der Waals surface area contributed by atoms with Crippen LogP contribution in [0.15, 0.2) is 36.4 Å². The van der Waals surface area contributed by atoms with Crippen LogP contribution in [0.2, 0.25) is 5.02 Å². The zero-order valence-electron chi connectivity index (χ0n) is 21.7. The van der Waals surface area contributed by atoms with E-state index in [0.717, 1.165) is 66.7 Å². The minimum atomic E-state index is -0.500. The first kappa shape index (κ1) is 27.3. The van der Waals surface area contributed by atoms with Crippen LogP contribution in [-0.2, 0) is 11.2 Å². The number of hydrogen-bond acceptors (Lipinski definition) is 5. The maximum Gasteiger partial charge on any atom is 0.224 e. The standard InChI is InChI=1S/C29H35ClFN3O3/c1-18(2)32-28(36)16-24-19(3)23-15-22(37-13-5-12-34-11-4-6-21(35)17-34)8-10-27(23)33-29(24)20-7-9-26(31)25(30)14-20/h7-10,14-15,18,21,35H,4-6,11-13,16-17H2,1-3H3,(H,32,36). The van der Waals surface area contributed by atoms with Gasteiger partial charge in [-0.1, -0.05) is 11.6 Å². The quantitative estimate of drug-likeness (QED) is 0.370. The van der Waals surface area contributed by atoms with Crippen molar-refractivity contribution in [3.05, 3.63) is 58.4 Å². The molecule has 2 aromatic carbocycles. The molecule has 37 heavy (non-hydrogen) atoms. The summed E-state index contributed by atoms with van der Waals surface area (Å²) in [5.41, 5.74) is 3.73. The van der Waals surface area contributed by atoms with Gasteiger partial charge in [0.2, 0.25) is 5.91 Å². The van der Waals surface area contributed by atoms with Crippen molar-refractivity contribution in [3.8, 4) is 17.0 Å². The Kier molecular flexibility index (Phi) is 9.00. The van der Waals surface area contributed by atoms with E-state index in [-0.39, 0.29) is 29.5 Å². The average molecular weight is 528 g/mol. The number of nitrogens with one attached hydrogen (secondary N) is 1. The molecule has 4 rings (SSSR count). The zero-order valence-corrected chi connectivity index (χ0v) is 22.4. The van der Waals surface area contributed by atoms with Crippen LogP contribution in [-0.4, -0.2) is 59.3 Å². The van der Waals surface area contributed by atoms with Crippen molar-refractivity contribution in [2.24, 2.45) is 0 Å². The van der Waals surface area contributed by atoms with Crippen LogP contribution in [0.25, 0.3) is 22.2 Å². The van der Waals surface area contributed by atoms with Crippen molar-refractivity contribution in [1.29, 1.82) is 0 Å². The molecule has 0 saturated carbocycles. The Labute approximate surface area is 222 Å². The molecule has 2 heterocycles. The third kappa shape index (κ3) is 6.98. The minimum Gasteiger partial charge on any atom is -0.494 e. The maximum atomic E-state index is 13.9. The number of amides is 1. The number of β-amino-alcohol motifs (C(OH)–C–C–N with tert-alkyl or cyclic N) is 1. The van der Waals surface area contributed by atoms with Gasteiger partial charge in [0.25, 0.3) is 0 Å². The van der Waals surface area contributed by atoms with Crippen molar-refractivity contribution in [2.45, 2.75) is 58.6 Å². The maximum absolute atomic E-state index is 13.9. The number of benzene rings is 2. The number of fused-ring (bicyclic) bond motifs is 1. The summed E-state index contributed by atoms with van der Waals surface area (Å²) >= 11 is 6.07. The van der Waals surface area contributed by atoms with Gasteiger partial charge in [-0.25, -0.2) is 9.37 Å². The van der Waals surface area contributed by atoms with Crippen LogP contribution in [0.5, 0.6) is 5.75 Å². The van der Waals surface area contributed by atoms with Gasteiger partial charge in [0.15, 0.2) is 0 Å². The number of likely N-dealkylation sites (tertiary alicyclic amines) is 1. The molecule has 2 N–H and O–H groups in total. The Hall–Kier alpha value is -2.74. The van der Waals surface area contributed by atoms with Crippen molar-refractivity contribution < 1.29 is 19.0 Å². The molecule has 0 bridgehead atoms. The number of aliphatic hydroxyl groups is 1. The van der Waals surface area contributed by atoms with Gasteiger partial charge in [-0.2, -0.15) is 0 Å². The molecule has 198 valence electrons. The molecular weight excluding hydrogens is 493 g/mol. The molecule has 1 saturated heterocycles. The fraction of sp³-hybridized carbons (Fsp3) is 0.448. The molecule has 3 aromatic rings. The normalized spacial score (nSPS) is 16.4. The molecule has 1 unspecified atom stereocenters. The lowest BCUT2D eigenvalue weighted by atomic mass is 9.95. The molecule has 0 aliphatic carbocycles. The Bertz CT molecular complexity index is 1270. The Morgan fingerprint density at radius 2 is 2.11 bits per heavy atom. The molecule has 1 amide bonds. The third-order valence-electron chi connectivity index (χ3n) is 6.69. The fourth-order valence-electron chi connectivity index (χ4n) is 4.88. The molecule has 1 atom stereocenters. The van der Waals surface area contributed by atoms with E-state index in [2.05, 4.69) is 10.2 Å². The first-order chi connectivity index (χ1) is 17.7. The van der Waals surface area contributed by atoms with Crippen molar-refractivity contribution >= 4 is 28.4 Å². The highest BCUT2D eigenvalue weighted by Gasteiger charge is 2.19. The SMILES string of the molecule is Cc1c(CC(=O)NC(C)C)c(-c2ccc(F)c(Cl)c2)nc2ccc(OCCCN3CCCC(O)C3)cc12. The fourth-order valence-corrected chi connectivity index (χ4v) is 5.06. The second-order valence-electron chi connectivity index (χ2n) is 10.1. The molecule has 6 nitrogen and oxygen atoms in total. The molecule has 0 radical (unpaired) electrons. The lowest BCUT2D eigenvalue weighted by molar-refractivity contribution is -0.120. The smallest absolute Gasteiger partial charge is 0.224 e. The monoisotopic (exact) mass is 527 g/mol. The van der Waals surface area contributed by atoms with Gasteiger partial charge in [0.05, 0.1) is 35.4 Å². The summed E-state index contributed by atoms with van der Waals surface area (Å²) in [5, 5.41) is 13.7. The van der Waals surface area contributed by atoms with E-state index in [1.807, 2.05) is 39.0 Å². The molecule has 1 fully saturated rings. The van der Waals surface area contributed by atoms with Gasteiger partial charge in [-0.15, -0.1) is 0 Å². The van der Waals surface area contributed by atoms with E-state index < -0.39 is 5.82 Å². The van der Waals surface area contributed by atoms with E-state index >= 15 is 0 Å². The van der Waals surface area contributed by atoms with Gasteiger partial charge in [0.1, 0.15) is 11.6 Å². The van der Waals surface area contributed by atoms with Crippen LogP contribution in [0, 0.1) is 12.7 Å². The number of aryl methyl sites for hydroxylation is 1. The zero-order chi connectivity index (χ0) is 26.5. The topological polar surface area (TPSA) is 74.7 Å². The lowest BCUT2D eigenvalue weighted by Crippen LogP contribution is -2.39. The number of ether oxygens (including phenoxy) is 1. The van der Waals surface area contributed by atoms with Gasteiger partial charge in [0, 0.05) is 30.1 Å². The van der Waals surface area contributed by atoms with E-state index in [4.69, 9.17) is 21.3 Å². The summed E-state index contributed by atoms with van der Waals surface area (Å²) in [6.45, 7) is 9.02. The summed E-state index contributed by atoms with van der Waals surface area (Å²) in [4.78, 5) is 19.9. The van der Waals surface area contributed by atoms with Crippen LogP contribution in [0.1, 0.15) is 44.2 Å². The van der Waals surface area contributed by atoms with Crippen molar-refractivity contribution in [3.63, 3.8) is 0 Å². The van der Waals surface area contributed by atoms with Crippen molar-refractivity contribution in [2.75, 3.05) is 26.2 Å². The number of pyridine rings is 1. The van der Waals surface area contributed by atoms with Crippen LogP contribution >= 0.6 is 11.6 Å².